The molecule has 14 heavy (non-hydrogen) atoms. The summed E-state index contributed by atoms with van der Waals surface area (Å²) >= 11 is 0. The smallest absolute Gasteiger partial charge is 0.0149 e. The van der Waals surface area contributed by atoms with E-state index < -0.39 is 0 Å². The number of hydrogen-bond donors (Lipinski definition) is 1. The standard InChI is InChI=1S/C12H15N.ClH/c1-10-7-12(8-10,9-13)11-5-3-2-4-6-11;/h2-6H,1,7-9,13H2;1H. The molecule has 1 aliphatic rings. The molecular weight excluding hydrogens is 194 g/mol. The van der Waals surface area contributed by atoms with E-state index in [4.69, 9.17) is 5.73 Å². The molecule has 1 fully saturated rings. The van der Waals surface area contributed by atoms with Gasteiger partial charge in [-0.1, -0.05) is 42.5 Å². The molecule has 0 saturated heterocycles. The van der Waals surface area contributed by atoms with E-state index in [1.165, 1.54) is 11.1 Å². The number of benzene rings is 1. The van der Waals surface area contributed by atoms with Crippen LogP contribution in [0.3, 0.4) is 0 Å². The van der Waals surface area contributed by atoms with Crippen LogP contribution in [0.2, 0.25) is 0 Å². The maximum atomic E-state index is 5.82. The van der Waals surface area contributed by atoms with Gasteiger partial charge in [0.1, 0.15) is 0 Å². The van der Waals surface area contributed by atoms with Gasteiger partial charge in [-0.3, -0.25) is 0 Å². The highest BCUT2D eigenvalue weighted by molar-refractivity contribution is 5.85. The Hall–Kier alpha value is -0.790. The largest absolute Gasteiger partial charge is 0.330 e. The molecule has 2 rings (SSSR count). The lowest BCUT2D eigenvalue weighted by molar-refractivity contribution is 0.342. The molecule has 0 unspecified atom stereocenters. The molecular formula is C12H16ClN. The highest BCUT2D eigenvalue weighted by atomic mass is 35.5. The second-order valence-electron chi connectivity index (χ2n) is 3.95. The van der Waals surface area contributed by atoms with Crippen molar-refractivity contribution in [2.45, 2.75) is 18.3 Å². The summed E-state index contributed by atoms with van der Waals surface area (Å²) in [6.07, 6.45) is 2.13. The van der Waals surface area contributed by atoms with E-state index in [1.807, 2.05) is 6.07 Å². The fourth-order valence-electron chi connectivity index (χ4n) is 2.16. The highest BCUT2D eigenvalue weighted by Gasteiger charge is 2.39. The number of nitrogens with two attached hydrogens (primary N) is 1. The van der Waals surface area contributed by atoms with Crippen molar-refractivity contribution in [3.8, 4) is 0 Å². The summed E-state index contributed by atoms with van der Waals surface area (Å²) < 4.78 is 0. The van der Waals surface area contributed by atoms with Gasteiger partial charge >= 0.3 is 0 Å². The lowest BCUT2D eigenvalue weighted by Gasteiger charge is -2.43. The first-order valence-corrected chi connectivity index (χ1v) is 4.69. The van der Waals surface area contributed by atoms with Crippen LogP contribution in [0.4, 0.5) is 0 Å². The third kappa shape index (κ3) is 1.70. The molecule has 76 valence electrons. The second-order valence-corrected chi connectivity index (χ2v) is 3.95. The predicted molar refractivity (Wildman–Crippen MR) is 62.8 cm³/mol. The molecule has 0 heterocycles. The fourth-order valence-corrected chi connectivity index (χ4v) is 2.16. The van der Waals surface area contributed by atoms with Crippen LogP contribution in [0.1, 0.15) is 18.4 Å². The Bertz CT molecular complexity index is 310. The molecule has 0 spiro atoms. The van der Waals surface area contributed by atoms with Gasteiger partial charge in [0.25, 0.3) is 0 Å². The van der Waals surface area contributed by atoms with Crippen molar-refractivity contribution in [3.63, 3.8) is 0 Å². The van der Waals surface area contributed by atoms with Crippen LogP contribution < -0.4 is 5.73 Å². The van der Waals surface area contributed by atoms with Gasteiger partial charge in [0.2, 0.25) is 0 Å². The molecule has 0 aliphatic heterocycles. The van der Waals surface area contributed by atoms with Gasteiger partial charge in [0.15, 0.2) is 0 Å². The number of allylic oxidation sites excluding steroid dienone is 1. The first kappa shape index (κ1) is 11.3. The minimum atomic E-state index is 0. The van der Waals surface area contributed by atoms with Crippen LogP contribution in [-0.4, -0.2) is 6.54 Å². The quantitative estimate of drug-likeness (QED) is 0.745. The summed E-state index contributed by atoms with van der Waals surface area (Å²) in [5, 5.41) is 0. The van der Waals surface area contributed by atoms with Gasteiger partial charge in [0.05, 0.1) is 0 Å². The van der Waals surface area contributed by atoms with Crippen LogP contribution in [-0.2, 0) is 5.41 Å². The fraction of sp³-hybridized carbons (Fsp3) is 0.333. The van der Waals surface area contributed by atoms with Crippen molar-refractivity contribution in [1.82, 2.24) is 0 Å². The molecule has 2 N–H and O–H groups in total. The third-order valence-corrected chi connectivity index (χ3v) is 2.95. The van der Waals surface area contributed by atoms with Crippen molar-refractivity contribution >= 4 is 12.4 Å². The molecule has 0 bridgehead atoms. The summed E-state index contributed by atoms with van der Waals surface area (Å²) in [6.45, 7) is 4.71. The minimum Gasteiger partial charge on any atom is -0.330 e. The Morgan fingerprint density at radius 2 is 1.79 bits per heavy atom. The molecule has 0 aromatic heterocycles. The van der Waals surface area contributed by atoms with E-state index in [-0.39, 0.29) is 17.8 Å². The van der Waals surface area contributed by atoms with E-state index in [0.29, 0.717) is 0 Å². The predicted octanol–water partition coefficient (Wildman–Crippen LogP) is 2.65. The van der Waals surface area contributed by atoms with E-state index in [2.05, 4.69) is 30.8 Å². The summed E-state index contributed by atoms with van der Waals surface area (Å²) in [5.74, 6) is 0. The number of hydrogen-bond acceptors (Lipinski definition) is 1. The molecule has 1 aliphatic carbocycles. The molecule has 1 nitrogen and oxygen atoms in total. The Balaban J connectivity index is 0.000000980. The lowest BCUT2D eigenvalue weighted by atomic mass is 9.62. The monoisotopic (exact) mass is 209 g/mol. The van der Waals surface area contributed by atoms with Gasteiger partial charge < -0.3 is 5.73 Å². The zero-order valence-corrected chi connectivity index (χ0v) is 9.02. The average molecular weight is 210 g/mol. The molecule has 2 heteroatoms. The zero-order chi connectivity index (χ0) is 9.31. The molecule has 1 aromatic rings. The first-order valence-electron chi connectivity index (χ1n) is 4.69. The first-order chi connectivity index (χ1) is 6.27. The third-order valence-electron chi connectivity index (χ3n) is 2.95. The van der Waals surface area contributed by atoms with Crippen molar-refractivity contribution in [2.24, 2.45) is 5.73 Å². The molecule has 1 aromatic carbocycles. The van der Waals surface area contributed by atoms with E-state index in [1.54, 1.807) is 0 Å². The maximum Gasteiger partial charge on any atom is 0.0149 e. The summed E-state index contributed by atoms with van der Waals surface area (Å²) in [6, 6.07) is 10.5. The van der Waals surface area contributed by atoms with Crippen LogP contribution in [0.25, 0.3) is 0 Å². The zero-order valence-electron chi connectivity index (χ0n) is 8.20. The Morgan fingerprint density at radius 1 is 1.21 bits per heavy atom. The molecule has 0 amide bonds. The summed E-state index contributed by atoms with van der Waals surface area (Å²) in [5.41, 5.74) is 8.72. The molecule has 1 saturated carbocycles. The van der Waals surface area contributed by atoms with Crippen LogP contribution in [0.5, 0.6) is 0 Å². The second kappa shape index (κ2) is 4.16. The van der Waals surface area contributed by atoms with Crippen molar-refractivity contribution in [1.29, 1.82) is 0 Å². The van der Waals surface area contributed by atoms with E-state index in [9.17, 15) is 0 Å². The maximum absolute atomic E-state index is 5.82. The number of rotatable bonds is 2. The highest BCUT2D eigenvalue weighted by Crippen LogP contribution is 2.45. The normalized spacial score (nSPS) is 18.2. The molecule has 0 radical (unpaired) electrons. The van der Waals surface area contributed by atoms with Gasteiger partial charge in [0, 0.05) is 12.0 Å². The van der Waals surface area contributed by atoms with Gasteiger partial charge in [-0.15, -0.1) is 12.4 Å². The van der Waals surface area contributed by atoms with Gasteiger partial charge in [-0.25, -0.2) is 0 Å². The topological polar surface area (TPSA) is 26.0 Å². The van der Waals surface area contributed by atoms with Gasteiger partial charge in [-0.2, -0.15) is 0 Å². The van der Waals surface area contributed by atoms with Crippen LogP contribution in [0, 0.1) is 0 Å². The van der Waals surface area contributed by atoms with Crippen LogP contribution in [0.15, 0.2) is 42.5 Å². The summed E-state index contributed by atoms with van der Waals surface area (Å²) in [7, 11) is 0. The number of halogens is 1. The SMILES string of the molecule is C=C1CC(CN)(c2ccccc2)C1.Cl. The average Bonchev–Trinajstić information content (AvgIpc) is 2.14. The van der Waals surface area contributed by atoms with Crippen molar-refractivity contribution < 1.29 is 0 Å². The Labute approximate surface area is 91.4 Å². The Morgan fingerprint density at radius 3 is 2.21 bits per heavy atom. The van der Waals surface area contributed by atoms with Crippen molar-refractivity contribution in [3.05, 3.63) is 48.0 Å². The van der Waals surface area contributed by atoms with E-state index in [0.717, 1.165) is 19.4 Å². The van der Waals surface area contributed by atoms with E-state index >= 15 is 0 Å². The van der Waals surface area contributed by atoms with Crippen molar-refractivity contribution in [2.75, 3.05) is 6.54 Å². The minimum absolute atomic E-state index is 0. The van der Waals surface area contributed by atoms with Crippen LogP contribution >= 0.6 is 12.4 Å². The Kier molecular flexibility index (Phi) is 3.35. The molecule has 0 atom stereocenters. The van der Waals surface area contributed by atoms with Gasteiger partial charge in [-0.05, 0) is 18.4 Å². The lowest BCUT2D eigenvalue weighted by Crippen LogP contribution is -2.42. The summed E-state index contributed by atoms with van der Waals surface area (Å²) in [4.78, 5) is 0.